The molecule has 30 heavy (non-hydrogen) atoms. The van der Waals surface area contributed by atoms with Gasteiger partial charge in [0.25, 0.3) is 15.9 Å². The number of ether oxygens (including phenoxy) is 1. The van der Waals surface area contributed by atoms with Crippen molar-refractivity contribution >= 4 is 44.6 Å². The predicted molar refractivity (Wildman–Crippen MR) is 112 cm³/mol. The van der Waals surface area contributed by atoms with Gasteiger partial charge in [0.05, 0.1) is 11.3 Å². The van der Waals surface area contributed by atoms with Crippen LogP contribution in [0, 0.1) is 12.7 Å². The summed E-state index contributed by atoms with van der Waals surface area (Å²) in [6, 6.07) is 12.8. The van der Waals surface area contributed by atoms with Crippen molar-refractivity contribution in [3.8, 4) is 0 Å². The molecule has 7 nitrogen and oxygen atoms in total. The van der Waals surface area contributed by atoms with E-state index in [2.05, 4.69) is 10.0 Å². The third-order valence-corrected chi connectivity index (χ3v) is 6.72. The summed E-state index contributed by atoms with van der Waals surface area (Å²) in [4.78, 5) is 24.5. The lowest BCUT2D eigenvalue weighted by atomic mass is 10.2. The lowest BCUT2D eigenvalue weighted by molar-refractivity contribution is -0.119. The van der Waals surface area contributed by atoms with Crippen molar-refractivity contribution in [3.05, 3.63) is 76.9 Å². The number of hydrogen-bond acceptors (Lipinski definition) is 6. The molecule has 3 rings (SSSR count). The van der Waals surface area contributed by atoms with Gasteiger partial charge in [-0.15, -0.1) is 11.3 Å². The molecule has 0 unspecified atom stereocenters. The third-order valence-electron chi connectivity index (χ3n) is 3.96. The minimum Gasteiger partial charge on any atom is -0.452 e. The molecule has 2 aromatic carbocycles. The standard InChI is InChI=1S/C20H17FN2O5S2/c1-13-8-9-14(21)11-17(13)22-18(24)12-28-20(25)15-5-2-3-6-16(15)23-30(26,27)19-7-4-10-29-19/h2-11,23H,12H2,1H3,(H,22,24). The van der Waals surface area contributed by atoms with Gasteiger partial charge >= 0.3 is 5.97 Å². The monoisotopic (exact) mass is 448 g/mol. The molecule has 0 saturated carbocycles. The van der Waals surface area contributed by atoms with Gasteiger partial charge in [-0.1, -0.05) is 24.3 Å². The maximum atomic E-state index is 13.3. The quantitative estimate of drug-likeness (QED) is 0.536. The van der Waals surface area contributed by atoms with Gasteiger partial charge in [-0.2, -0.15) is 0 Å². The largest absolute Gasteiger partial charge is 0.452 e. The van der Waals surface area contributed by atoms with Crippen molar-refractivity contribution in [1.29, 1.82) is 0 Å². The summed E-state index contributed by atoms with van der Waals surface area (Å²) >= 11 is 1.03. The van der Waals surface area contributed by atoms with E-state index in [4.69, 9.17) is 4.74 Å². The molecule has 156 valence electrons. The van der Waals surface area contributed by atoms with Crippen molar-refractivity contribution in [2.24, 2.45) is 0 Å². The zero-order valence-electron chi connectivity index (χ0n) is 15.7. The summed E-state index contributed by atoms with van der Waals surface area (Å²) in [5.41, 5.74) is 0.884. The number of benzene rings is 2. The molecular weight excluding hydrogens is 431 g/mol. The summed E-state index contributed by atoms with van der Waals surface area (Å²) in [5, 5.41) is 4.08. The molecule has 3 aromatic rings. The SMILES string of the molecule is Cc1ccc(F)cc1NC(=O)COC(=O)c1ccccc1NS(=O)(=O)c1cccs1. The van der Waals surface area contributed by atoms with Crippen LogP contribution in [0.4, 0.5) is 15.8 Å². The maximum Gasteiger partial charge on any atom is 0.340 e. The zero-order valence-corrected chi connectivity index (χ0v) is 17.3. The molecule has 2 N–H and O–H groups in total. The van der Waals surface area contributed by atoms with E-state index >= 15 is 0 Å². The van der Waals surface area contributed by atoms with Crippen molar-refractivity contribution in [2.45, 2.75) is 11.1 Å². The Morgan fingerprint density at radius 2 is 1.83 bits per heavy atom. The fourth-order valence-corrected chi connectivity index (χ4v) is 4.56. The first kappa shape index (κ1) is 21.5. The first-order valence-electron chi connectivity index (χ1n) is 8.65. The van der Waals surface area contributed by atoms with Gasteiger partial charge in [0.15, 0.2) is 6.61 Å². The molecule has 0 radical (unpaired) electrons. The van der Waals surface area contributed by atoms with Crippen LogP contribution in [0.2, 0.25) is 0 Å². The topological polar surface area (TPSA) is 102 Å². The Morgan fingerprint density at radius 1 is 1.07 bits per heavy atom. The van der Waals surface area contributed by atoms with Gasteiger partial charge in [-0.25, -0.2) is 17.6 Å². The lowest BCUT2D eigenvalue weighted by Gasteiger charge is -2.12. The van der Waals surface area contributed by atoms with Crippen LogP contribution in [0.5, 0.6) is 0 Å². The van der Waals surface area contributed by atoms with Gasteiger partial charge in [0.1, 0.15) is 10.0 Å². The van der Waals surface area contributed by atoms with Crippen molar-refractivity contribution in [3.63, 3.8) is 0 Å². The number of sulfonamides is 1. The normalized spacial score (nSPS) is 11.0. The Morgan fingerprint density at radius 3 is 2.57 bits per heavy atom. The molecule has 10 heteroatoms. The fraction of sp³-hybridized carbons (Fsp3) is 0.100. The molecule has 0 aliphatic carbocycles. The van der Waals surface area contributed by atoms with Crippen LogP contribution in [-0.4, -0.2) is 26.9 Å². The molecular formula is C20H17FN2O5S2. The number of nitrogens with one attached hydrogen (secondary N) is 2. The summed E-state index contributed by atoms with van der Waals surface area (Å²) in [7, 11) is -3.86. The lowest BCUT2D eigenvalue weighted by Crippen LogP contribution is -2.22. The highest BCUT2D eigenvalue weighted by Crippen LogP contribution is 2.23. The highest BCUT2D eigenvalue weighted by atomic mass is 32.2. The summed E-state index contributed by atoms with van der Waals surface area (Å²) in [5.74, 6) is -2.06. The zero-order chi connectivity index (χ0) is 21.7. The molecule has 0 atom stereocenters. The van der Waals surface area contributed by atoms with Crippen molar-refractivity contribution < 1.29 is 27.1 Å². The first-order valence-corrected chi connectivity index (χ1v) is 11.0. The number of carbonyl (C=O) groups is 2. The van der Waals surface area contributed by atoms with E-state index in [1.54, 1.807) is 24.4 Å². The fourth-order valence-electron chi connectivity index (χ4n) is 2.49. The van der Waals surface area contributed by atoms with E-state index < -0.39 is 34.3 Å². The first-order chi connectivity index (χ1) is 14.3. The van der Waals surface area contributed by atoms with Crippen LogP contribution in [-0.2, 0) is 19.6 Å². The highest BCUT2D eigenvalue weighted by Gasteiger charge is 2.20. The minimum atomic E-state index is -3.86. The van der Waals surface area contributed by atoms with Gasteiger partial charge in [-0.3, -0.25) is 9.52 Å². The van der Waals surface area contributed by atoms with E-state index in [9.17, 15) is 22.4 Å². The Kier molecular flexibility index (Phi) is 6.48. The van der Waals surface area contributed by atoms with Gasteiger partial charge in [0.2, 0.25) is 0 Å². The van der Waals surface area contributed by atoms with Gasteiger partial charge in [0, 0.05) is 5.69 Å². The van der Waals surface area contributed by atoms with Crippen molar-refractivity contribution in [2.75, 3.05) is 16.6 Å². The Labute approximate surface area is 176 Å². The van der Waals surface area contributed by atoms with E-state index in [-0.39, 0.29) is 21.1 Å². The highest BCUT2D eigenvalue weighted by molar-refractivity contribution is 7.94. The van der Waals surface area contributed by atoms with Gasteiger partial charge < -0.3 is 10.1 Å². The van der Waals surface area contributed by atoms with Crippen LogP contribution in [0.25, 0.3) is 0 Å². The number of rotatable bonds is 7. The number of aryl methyl sites for hydroxylation is 1. The van der Waals surface area contributed by atoms with E-state index in [0.717, 1.165) is 17.4 Å². The minimum absolute atomic E-state index is 0.0253. The average molecular weight is 448 g/mol. The number of amides is 1. The molecule has 0 aliphatic rings. The summed E-state index contributed by atoms with van der Waals surface area (Å²) in [6.07, 6.45) is 0. The summed E-state index contributed by atoms with van der Waals surface area (Å²) < 4.78 is 45.6. The maximum absolute atomic E-state index is 13.3. The number of carbonyl (C=O) groups excluding carboxylic acids is 2. The molecule has 1 heterocycles. The molecule has 1 aromatic heterocycles. The second kappa shape index (κ2) is 9.06. The Hall–Kier alpha value is -3.24. The smallest absolute Gasteiger partial charge is 0.340 e. The van der Waals surface area contributed by atoms with Crippen LogP contribution in [0.15, 0.2) is 64.2 Å². The number of halogens is 1. The molecule has 1 amide bonds. The Bertz CT molecular complexity index is 1180. The number of thiophene rings is 1. The molecule has 0 bridgehead atoms. The van der Waals surface area contributed by atoms with Crippen LogP contribution in [0.3, 0.4) is 0 Å². The molecule has 0 spiro atoms. The summed E-state index contributed by atoms with van der Waals surface area (Å²) in [6.45, 7) is 1.07. The van der Waals surface area contributed by atoms with E-state index in [0.29, 0.717) is 5.56 Å². The Balaban J connectivity index is 1.67. The third kappa shape index (κ3) is 5.22. The van der Waals surface area contributed by atoms with Crippen LogP contribution >= 0.6 is 11.3 Å². The van der Waals surface area contributed by atoms with Gasteiger partial charge in [-0.05, 0) is 48.2 Å². The number of para-hydroxylation sites is 1. The number of hydrogen-bond donors (Lipinski definition) is 2. The second-order valence-electron chi connectivity index (χ2n) is 6.17. The molecule has 0 saturated heterocycles. The van der Waals surface area contributed by atoms with E-state index in [1.165, 1.54) is 36.4 Å². The second-order valence-corrected chi connectivity index (χ2v) is 9.02. The van der Waals surface area contributed by atoms with E-state index in [1.807, 2.05) is 0 Å². The average Bonchev–Trinajstić information content (AvgIpc) is 3.25. The molecule has 0 aliphatic heterocycles. The molecule has 0 fully saturated rings. The predicted octanol–water partition coefficient (Wildman–Crippen LogP) is 3.79. The number of esters is 1. The van der Waals surface area contributed by atoms with Crippen LogP contribution in [0.1, 0.15) is 15.9 Å². The number of anilines is 2. The van der Waals surface area contributed by atoms with Crippen LogP contribution < -0.4 is 10.0 Å². The van der Waals surface area contributed by atoms with Crippen molar-refractivity contribution in [1.82, 2.24) is 0 Å².